The number of hydrogen-bond donors (Lipinski definition) is 1. The number of anilines is 1. The summed E-state index contributed by atoms with van der Waals surface area (Å²) in [6, 6.07) is 18.4. The number of halogens is 3. The lowest BCUT2D eigenvalue weighted by molar-refractivity contribution is -0.116. The Bertz CT molecular complexity index is 1180. The van der Waals surface area contributed by atoms with E-state index in [1.807, 2.05) is 31.2 Å². The van der Waals surface area contributed by atoms with E-state index in [1.54, 1.807) is 24.3 Å². The predicted octanol–water partition coefficient (Wildman–Crippen LogP) is 5.89. The van der Waals surface area contributed by atoms with Crippen LogP contribution in [0.25, 0.3) is 0 Å². The third-order valence-corrected chi connectivity index (χ3v) is 7.35. The summed E-state index contributed by atoms with van der Waals surface area (Å²) in [5.74, 6) is -0.531. The molecule has 0 bridgehead atoms. The molecule has 1 N–H and O–H groups in total. The molecule has 0 saturated carbocycles. The van der Waals surface area contributed by atoms with Crippen molar-refractivity contribution < 1.29 is 13.2 Å². The molecular weight excluding hydrogens is 523 g/mol. The molecule has 0 aromatic heterocycles. The highest BCUT2D eigenvalue weighted by Gasteiger charge is 2.27. The second kappa shape index (κ2) is 10.1. The second-order valence-corrected chi connectivity index (χ2v) is 10.6. The Kier molecular flexibility index (Phi) is 7.78. The van der Waals surface area contributed by atoms with Gasteiger partial charge >= 0.3 is 0 Å². The van der Waals surface area contributed by atoms with Crippen LogP contribution in [0.5, 0.6) is 0 Å². The van der Waals surface area contributed by atoms with Gasteiger partial charge in [-0.15, -0.1) is 0 Å². The van der Waals surface area contributed by atoms with Crippen molar-refractivity contribution >= 4 is 60.7 Å². The average Bonchev–Trinajstić information content (AvgIpc) is 2.72. The van der Waals surface area contributed by atoms with Crippen LogP contribution >= 0.6 is 39.1 Å². The molecule has 0 radical (unpaired) electrons. The number of sulfonamides is 1. The van der Waals surface area contributed by atoms with Crippen LogP contribution in [0.4, 0.5) is 5.69 Å². The van der Waals surface area contributed by atoms with Crippen LogP contribution in [-0.4, -0.2) is 25.2 Å². The summed E-state index contributed by atoms with van der Waals surface area (Å²) in [5, 5.41) is 3.35. The zero-order valence-electron chi connectivity index (χ0n) is 16.5. The van der Waals surface area contributed by atoms with Crippen LogP contribution in [0.2, 0.25) is 10.0 Å². The molecule has 0 spiro atoms. The van der Waals surface area contributed by atoms with Gasteiger partial charge in [0.15, 0.2) is 0 Å². The fourth-order valence-electron chi connectivity index (χ4n) is 2.82. The molecule has 3 aromatic rings. The standard InChI is InChI=1S/C22H19BrCl2N2O3S/c1-15-2-4-16(5-3-15)13-27(31(29,30)19-9-6-17(23)7-10-19)14-22(28)26-21-12-18(24)8-11-20(21)25/h2-12H,13-14H2,1H3,(H,26,28). The maximum absolute atomic E-state index is 13.3. The fraction of sp³-hybridized carbons (Fsp3) is 0.136. The van der Waals surface area contributed by atoms with Gasteiger partial charge in [-0.1, -0.05) is 69.0 Å². The zero-order chi connectivity index (χ0) is 22.6. The van der Waals surface area contributed by atoms with Gasteiger partial charge in [0, 0.05) is 16.0 Å². The Hall–Kier alpha value is -1.90. The first-order valence-corrected chi connectivity index (χ1v) is 12.2. The quantitative estimate of drug-likeness (QED) is 0.405. The van der Waals surface area contributed by atoms with Crippen LogP contribution in [-0.2, 0) is 21.4 Å². The highest BCUT2D eigenvalue weighted by atomic mass is 79.9. The van der Waals surface area contributed by atoms with Crippen molar-refractivity contribution in [2.24, 2.45) is 0 Å². The number of amides is 1. The van der Waals surface area contributed by atoms with E-state index in [9.17, 15) is 13.2 Å². The molecule has 0 fully saturated rings. The third kappa shape index (κ3) is 6.30. The number of hydrogen-bond acceptors (Lipinski definition) is 3. The molecule has 0 atom stereocenters. The van der Waals surface area contributed by atoms with Gasteiger partial charge in [0.2, 0.25) is 15.9 Å². The van der Waals surface area contributed by atoms with Gasteiger partial charge in [-0.05, 0) is 55.0 Å². The Balaban J connectivity index is 1.89. The van der Waals surface area contributed by atoms with Crippen molar-refractivity contribution in [2.75, 3.05) is 11.9 Å². The molecule has 5 nitrogen and oxygen atoms in total. The van der Waals surface area contributed by atoms with Crippen molar-refractivity contribution in [3.63, 3.8) is 0 Å². The van der Waals surface area contributed by atoms with E-state index in [0.717, 1.165) is 19.9 Å². The van der Waals surface area contributed by atoms with E-state index < -0.39 is 22.5 Å². The Labute approximate surface area is 200 Å². The Morgan fingerprint density at radius 3 is 2.29 bits per heavy atom. The number of nitrogens with one attached hydrogen (secondary N) is 1. The van der Waals surface area contributed by atoms with Gasteiger partial charge in [0.05, 0.1) is 22.2 Å². The molecule has 0 aliphatic carbocycles. The van der Waals surface area contributed by atoms with Gasteiger partial charge < -0.3 is 5.32 Å². The average molecular weight is 542 g/mol. The number of rotatable bonds is 7. The van der Waals surface area contributed by atoms with E-state index in [1.165, 1.54) is 18.2 Å². The lowest BCUT2D eigenvalue weighted by Gasteiger charge is -2.22. The minimum atomic E-state index is -3.94. The number of nitrogens with zero attached hydrogens (tertiary/aromatic N) is 1. The smallest absolute Gasteiger partial charge is 0.243 e. The van der Waals surface area contributed by atoms with Crippen LogP contribution in [0.3, 0.4) is 0 Å². The number of benzene rings is 3. The molecule has 9 heteroatoms. The molecule has 0 heterocycles. The molecule has 1 amide bonds. The van der Waals surface area contributed by atoms with E-state index in [0.29, 0.717) is 15.7 Å². The van der Waals surface area contributed by atoms with Crippen molar-refractivity contribution in [2.45, 2.75) is 18.4 Å². The summed E-state index contributed by atoms with van der Waals surface area (Å²) < 4.78 is 28.5. The number of carbonyl (C=O) groups is 1. The van der Waals surface area contributed by atoms with Crippen LogP contribution in [0.15, 0.2) is 76.1 Å². The van der Waals surface area contributed by atoms with Crippen molar-refractivity contribution in [1.82, 2.24) is 4.31 Å². The maximum atomic E-state index is 13.3. The molecular formula is C22H19BrCl2N2O3S. The summed E-state index contributed by atoms with van der Waals surface area (Å²) in [6.45, 7) is 1.59. The first-order chi connectivity index (χ1) is 14.6. The van der Waals surface area contributed by atoms with Crippen LogP contribution in [0, 0.1) is 6.92 Å². The van der Waals surface area contributed by atoms with Crippen LogP contribution < -0.4 is 5.32 Å². The molecule has 162 valence electrons. The highest BCUT2D eigenvalue weighted by Crippen LogP contribution is 2.26. The summed E-state index contributed by atoms with van der Waals surface area (Å²) in [6.07, 6.45) is 0. The molecule has 0 saturated heterocycles. The van der Waals surface area contributed by atoms with Gasteiger partial charge in [0.25, 0.3) is 0 Å². The largest absolute Gasteiger partial charge is 0.324 e. The summed E-state index contributed by atoms with van der Waals surface area (Å²) in [4.78, 5) is 12.8. The number of aryl methyl sites for hydroxylation is 1. The molecule has 0 unspecified atom stereocenters. The van der Waals surface area contributed by atoms with Gasteiger partial charge in [0.1, 0.15) is 0 Å². The van der Waals surface area contributed by atoms with E-state index in [4.69, 9.17) is 23.2 Å². The van der Waals surface area contributed by atoms with E-state index in [2.05, 4.69) is 21.2 Å². The normalized spacial score (nSPS) is 11.5. The first-order valence-electron chi connectivity index (χ1n) is 9.21. The van der Waals surface area contributed by atoms with Crippen molar-refractivity contribution in [1.29, 1.82) is 0 Å². The van der Waals surface area contributed by atoms with Crippen LogP contribution in [0.1, 0.15) is 11.1 Å². The SMILES string of the molecule is Cc1ccc(CN(CC(=O)Nc2cc(Cl)ccc2Cl)S(=O)(=O)c2ccc(Br)cc2)cc1. The summed E-state index contributed by atoms with van der Waals surface area (Å²) in [5.41, 5.74) is 2.13. The predicted molar refractivity (Wildman–Crippen MR) is 128 cm³/mol. The monoisotopic (exact) mass is 540 g/mol. The lowest BCUT2D eigenvalue weighted by atomic mass is 10.1. The van der Waals surface area contributed by atoms with E-state index in [-0.39, 0.29) is 11.4 Å². The second-order valence-electron chi connectivity index (χ2n) is 6.88. The summed E-state index contributed by atoms with van der Waals surface area (Å²) in [7, 11) is -3.94. The zero-order valence-corrected chi connectivity index (χ0v) is 20.4. The van der Waals surface area contributed by atoms with Gasteiger partial charge in [-0.2, -0.15) is 4.31 Å². The Morgan fingerprint density at radius 1 is 1.00 bits per heavy atom. The highest BCUT2D eigenvalue weighted by molar-refractivity contribution is 9.10. The molecule has 0 aliphatic rings. The maximum Gasteiger partial charge on any atom is 0.243 e. The minimum Gasteiger partial charge on any atom is -0.324 e. The molecule has 3 aromatic carbocycles. The van der Waals surface area contributed by atoms with Gasteiger partial charge in [-0.3, -0.25) is 4.79 Å². The van der Waals surface area contributed by atoms with Gasteiger partial charge in [-0.25, -0.2) is 8.42 Å². The Morgan fingerprint density at radius 2 is 1.65 bits per heavy atom. The lowest BCUT2D eigenvalue weighted by Crippen LogP contribution is -2.37. The minimum absolute atomic E-state index is 0.0371. The molecule has 3 rings (SSSR count). The fourth-order valence-corrected chi connectivity index (χ4v) is 4.81. The molecule has 0 aliphatic heterocycles. The number of carbonyl (C=O) groups excluding carboxylic acids is 1. The third-order valence-electron chi connectivity index (χ3n) is 4.45. The topological polar surface area (TPSA) is 66.5 Å². The van der Waals surface area contributed by atoms with Crippen molar-refractivity contribution in [3.8, 4) is 0 Å². The molecule has 31 heavy (non-hydrogen) atoms. The summed E-state index contributed by atoms with van der Waals surface area (Å²) >= 11 is 15.4. The van der Waals surface area contributed by atoms with E-state index >= 15 is 0 Å². The first kappa shape index (κ1) is 23.8. The van der Waals surface area contributed by atoms with Crippen molar-refractivity contribution in [3.05, 3.63) is 92.4 Å².